The van der Waals surface area contributed by atoms with Gasteiger partial charge in [-0.1, -0.05) is 0 Å². The summed E-state index contributed by atoms with van der Waals surface area (Å²) < 4.78 is 4.88. The number of ether oxygens (including phenoxy) is 1. The van der Waals surface area contributed by atoms with Crippen LogP contribution < -0.4 is 5.32 Å². The fraction of sp³-hybridized carbons (Fsp3) is 0.909. The lowest BCUT2D eigenvalue weighted by molar-refractivity contribution is -0.122. The number of methoxy groups -OCH3 is 1. The minimum absolute atomic E-state index is 0.105. The monoisotopic (exact) mass is 215 g/mol. The Labute approximate surface area is 91.0 Å². The first-order valence-corrected chi connectivity index (χ1v) is 5.68. The number of carbonyl (C=O) groups excluding carboxylic acids is 1. The SMILES string of the molecule is COCCCC(=O)NC1CCC(O)CC1. The van der Waals surface area contributed by atoms with Gasteiger partial charge in [-0.25, -0.2) is 0 Å². The first-order chi connectivity index (χ1) is 7.22. The van der Waals surface area contributed by atoms with E-state index in [1.807, 2.05) is 0 Å². The molecule has 1 fully saturated rings. The number of rotatable bonds is 5. The largest absolute Gasteiger partial charge is 0.393 e. The number of nitrogens with one attached hydrogen (secondary N) is 1. The van der Waals surface area contributed by atoms with Gasteiger partial charge >= 0.3 is 0 Å². The molecule has 0 aliphatic heterocycles. The molecular weight excluding hydrogens is 194 g/mol. The topological polar surface area (TPSA) is 58.6 Å². The van der Waals surface area contributed by atoms with Crippen LogP contribution in [0.5, 0.6) is 0 Å². The lowest BCUT2D eigenvalue weighted by atomic mass is 9.93. The van der Waals surface area contributed by atoms with E-state index >= 15 is 0 Å². The normalized spacial score (nSPS) is 26.3. The van der Waals surface area contributed by atoms with Gasteiger partial charge in [0.15, 0.2) is 0 Å². The molecule has 0 spiro atoms. The standard InChI is InChI=1S/C11H21NO3/c1-15-8-2-3-11(14)12-9-4-6-10(13)7-5-9/h9-10,13H,2-8H2,1H3,(H,12,14). The van der Waals surface area contributed by atoms with Crippen molar-refractivity contribution in [1.82, 2.24) is 5.32 Å². The Morgan fingerprint density at radius 3 is 2.67 bits per heavy atom. The van der Waals surface area contributed by atoms with E-state index in [1.165, 1.54) is 0 Å². The van der Waals surface area contributed by atoms with Gasteiger partial charge in [0.1, 0.15) is 0 Å². The second kappa shape index (κ2) is 6.80. The van der Waals surface area contributed by atoms with E-state index in [0.29, 0.717) is 13.0 Å². The van der Waals surface area contributed by atoms with Crippen LogP contribution in [0.2, 0.25) is 0 Å². The van der Waals surface area contributed by atoms with E-state index in [0.717, 1.165) is 32.1 Å². The Hall–Kier alpha value is -0.610. The molecule has 0 heterocycles. The van der Waals surface area contributed by atoms with Crippen LogP contribution in [-0.4, -0.2) is 36.9 Å². The highest BCUT2D eigenvalue weighted by molar-refractivity contribution is 5.76. The number of amides is 1. The minimum atomic E-state index is -0.161. The minimum Gasteiger partial charge on any atom is -0.393 e. The molecule has 1 aliphatic rings. The molecule has 0 bridgehead atoms. The van der Waals surface area contributed by atoms with E-state index in [2.05, 4.69) is 5.32 Å². The van der Waals surface area contributed by atoms with Crippen molar-refractivity contribution in [2.24, 2.45) is 0 Å². The number of carbonyl (C=O) groups is 1. The quantitative estimate of drug-likeness (QED) is 0.668. The van der Waals surface area contributed by atoms with Crippen molar-refractivity contribution in [1.29, 1.82) is 0 Å². The number of hydrogen-bond acceptors (Lipinski definition) is 3. The molecule has 4 nitrogen and oxygen atoms in total. The second-order valence-corrected chi connectivity index (χ2v) is 4.17. The number of aliphatic hydroxyl groups excluding tert-OH is 1. The summed E-state index contributed by atoms with van der Waals surface area (Å²) in [6.45, 7) is 0.636. The van der Waals surface area contributed by atoms with Crippen molar-refractivity contribution in [3.8, 4) is 0 Å². The molecule has 0 atom stereocenters. The van der Waals surface area contributed by atoms with E-state index in [1.54, 1.807) is 7.11 Å². The third-order valence-corrected chi connectivity index (χ3v) is 2.81. The van der Waals surface area contributed by atoms with Crippen LogP contribution in [0, 0.1) is 0 Å². The van der Waals surface area contributed by atoms with Gasteiger partial charge in [-0.2, -0.15) is 0 Å². The van der Waals surface area contributed by atoms with Crippen molar-refractivity contribution >= 4 is 5.91 Å². The van der Waals surface area contributed by atoms with Gasteiger partial charge in [0.05, 0.1) is 6.10 Å². The molecule has 88 valence electrons. The molecular formula is C11H21NO3. The van der Waals surface area contributed by atoms with Gasteiger partial charge in [0, 0.05) is 26.2 Å². The van der Waals surface area contributed by atoms with E-state index in [-0.39, 0.29) is 18.1 Å². The maximum absolute atomic E-state index is 11.4. The summed E-state index contributed by atoms with van der Waals surface area (Å²) in [4.78, 5) is 11.4. The molecule has 15 heavy (non-hydrogen) atoms. The Balaban J connectivity index is 2.09. The van der Waals surface area contributed by atoms with Crippen LogP contribution in [-0.2, 0) is 9.53 Å². The molecule has 1 aliphatic carbocycles. The Morgan fingerprint density at radius 2 is 2.07 bits per heavy atom. The molecule has 0 saturated heterocycles. The maximum Gasteiger partial charge on any atom is 0.220 e. The lowest BCUT2D eigenvalue weighted by Gasteiger charge is -2.26. The molecule has 1 amide bonds. The molecule has 4 heteroatoms. The summed E-state index contributed by atoms with van der Waals surface area (Å²) in [5.74, 6) is 0.105. The van der Waals surface area contributed by atoms with Gasteiger partial charge in [0.2, 0.25) is 5.91 Å². The summed E-state index contributed by atoms with van der Waals surface area (Å²) in [6, 6.07) is 0.267. The Kier molecular flexibility index (Phi) is 5.65. The molecule has 0 radical (unpaired) electrons. The van der Waals surface area contributed by atoms with Crippen molar-refractivity contribution in [2.45, 2.75) is 50.7 Å². The van der Waals surface area contributed by atoms with Gasteiger partial charge in [-0.15, -0.1) is 0 Å². The lowest BCUT2D eigenvalue weighted by Crippen LogP contribution is -2.38. The molecule has 0 aromatic carbocycles. The average Bonchev–Trinajstić information content (AvgIpc) is 2.22. The zero-order valence-electron chi connectivity index (χ0n) is 9.37. The van der Waals surface area contributed by atoms with E-state index in [9.17, 15) is 9.90 Å². The predicted molar refractivity (Wildman–Crippen MR) is 57.5 cm³/mol. The summed E-state index contributed by atoms with van der Waals surface area (Å²) in [7, 11) is 1.64. The Morgan fingerprint density at radius 1 is 1.40 bits per heavy atom. The summed E-state index contributed by atoms with van der Waals surface area (Å²) in [5.41, 5.74) is 0. The van der Waals surface area contributed by atoms with Crippen LogP contribution in [0.15, 0.2) is 0 Å². The molecule has 0 unspecified atom stereocenters. The maximum atomic E-state index is 11.4. The third-order valence-electron chi connectivity index (χ3n) is 2.81. The van der Waals surface area contributed by atoms with Crippen LogP contribution in [0.1, 0.15) is 38.5 Å². The zero-order chi connectivity index (χ0) is 11.1. The van der Waals surface area contributed by atoms with Crippen molar-refractivity contribution in [3.05, 3.63) is 0 Å². The van der Waals surface area contributed by atoms with Gasteiger partial charge < -0.3 is 15.2 Å². The fourth-order valence-electron chi connectivity index (χ4n) is 1.90. The highest BCUT2D eigenvalue weighted by atomic mass is 16.5. The van der Waals surface area contributed by atoms with Crippen molar-refractivity contribution in [3.63, 3.8) is 0 Å². The molecule has 1 saturated carbocycles. The number of aliphatic hydroxyl groups is 1. The molecule has 1 rings (SSSR count). The molecule has 0 aromatic rings. The van der Waals surface area contributed by atoms with Gasteiger partial charge in [-0.05, 0) is 32.1 Å². The van der Waals surface area contributed by atoms with Gasteiger partial charge in [-0.3, -0.25) is 4.79 Å². The zero-order valence-corrected chi connectivity index (χ0v) is 9.37. The van der Waals surface area contributed by atoms with Gasteiger partial charge in [0.25, 0.3) is 0 Å². The summed E-state index contributed by atoms with van der Waals surface area (Å²) in [6.07, 6.45) is 4.57. The van der Waals surface area contributed by atoms with Crippen LogP contribution in [0.3, 0.4) is 0 Å². The van der Waals surface area contributed by atoms with Crippen LogP contribution >= 0.6 is 0 Å². The fourth-order valence-corrected chi connectivity index (χ4v) is 1.90. The molecule has 2 N–H and O–H groups in total. The summed E-state index contributed by atoms with van der Waals surface area (Å²) in [5, 5.41) is 12.3. The van der Waals surface area contributed by atoms with Crippen molar-refractivity contribution in [2.75, 3.05) is 13.7 Å². The smallest absolute Gasteiger partial charge is 0.220 e. The van der Waals surface area contributed by atoms with Crippen molar-refractivity contribution < 1.29 is 14.6 Å². The average molecular weight is 215 g/mol. The van der Waals surface area contributed by atoms with Crippen LogP contribution in [0.4, 0.5) is 0 Å². The highest BCUT2D eigenvalue weighted by Crippen LogP contribution is 2.18. The Bertz CT molecular complexity index is 188. The third kappa shape index (κ3) is 5.14. The van der Waals surface area contributed by atoms with E-state index < -0.39 is 0 Å². The van der Waals surface area contributed by atoms with Crippen LogP contribution in [0.25, 0.3) is 0 Å². The van der Waals surface area contributed by atoms with E-state index in [4.69, 9.17) is 4.74 Å². The first kappa shape index (κ1) is 12.5. The highest BCUT2D eigenvalue weighted by Gasteiger charge is 2.20. The molecule has 0 aromatic heterocycles. The first-order valence-electron chi connectivity index (χ1n) is 5.68. The summed E-state index contributed by atoms with van der Waals surface area (Å²) >= 11 is 0. The second-order valence-electron chi connectivity index (χ2n) is 4.17. The number of hydrogen-bond donors (Lipinski definition) is 2. The predicted octanol–water partition coefficient (Wildman–Crippen LogP) is 0.833.